The summed E-state index contributed by atoms with van der Waals surface area (Å²) >= 11 is 1.73. The van der Waals surface area contributed by atoms with Gasteiger partial charge in [-0.1, -0.05) is 0 Å². The Balaban J connectivity index is 2.01. The van der Waals surface area contributed by atoms with Crippen molar-refractivity contribution in [2.45, 2.75) is 20.4 Å². The number of hydrogen-bond donors (Lipinski definition) is 0. The van der Waals surface area contributed by atoms with Gasteiger partial charge < -0.3 is 4.90 Å². The van der Waals surface area contributed by atoms with Crippen molar-refractivity contribution in [3.63, 3.8) is 0 Å². The molecule has 0 unspecified atom stereocenters. The van der Waals surface area contributed by atoms with Crippen molar-refractivity contribution in [2.24, 2.45) is 0 Å². The number of pyridine rings is 1. The first-order valence-electron chi connectivity index (χ1n) is 6.47. The van der Waals surface area contributed by atoms with Crippen LogP contribution in [0.5, 0.6) is 0 Å². The summed E-state index contributed by atoms with van der Waals surface area (Å²) in [7, 11) is 2.06. The molecule has 0 saturated carbocycles. The smallest absolute Gasteiger partial charge is 0.141 e. The van der Waals surface area contributed by atoms with Crippen LogP contribution in [-0.4, -0.2) is 22.0 Å². The molecule has 0 aliphatic carbocycles. The van der Waals surface area contributed by atoms with Crippen LogP contribution in [0, 0.1) is 13.8 Å². The summed E-state index contributed by atoms with van der Waals surface area (Å²) in [5.41, 5.74) is 2.50. The number of nitrogens with zero attached hydrogens (tertiary/aromatic N) is 4. The minimum Gasteiger partial charge on any atom is -0.355 e. The molecule has 0 radical (unpaired) electrons. The minimum atomic E-state index is 0.808. The molecule has 3 heterocycles. The Bertz CT molecular complexity index is 736. The van der Waals surface area contributed by atoms with E-state index in [9.17, 15) is 0 Å². The first kappa shape index (κ1) is 13.0. The van der Waals surface area contributed by atoms with Gasteiger partial charge in [0.2, 0.25) is 0 Å². The first-order chi connectivity index (χ1) is 9.66. The molecule has 5 heteroatoms. The summed E-state index contributed by atoms with van der Waals surface area (Å²) in [6, 6.07) is 4.06. The van der Waals surface area contributed by atoms with Crippen molar-refractivity contribution in [2.75, 3.05) is 11.9 Å². The van der Waals surface area contributed by atoms with Crippen molar-refractivity contribution in [1.82, 2.24) is 15.0 Å². The lowest BCUT2D eigenvalue weighted by atomic mass is 10.2. The van der Waals surface area contributed by atoms with Crippen molar-refractivity contribution in [3.8, 4) is 0 Å². The van der Waals surface area contributed by atoms with E-state index in [1.54, 1.807) is 17.7 Å². The highest BCUT2D eigenvalue weighted by Crippen LogP contribution is 2.34. The van der Waals surface area contributed by atoms with Gasteiger partial charge in [-0.25, -0.2) is 9.97 Å². The molecular formula is C15H16N4S. The van der Waals surface area contributed by atoms with E-state index in [-0.39, 0.29) is 0 Å². The molecule has 0 N–H and O–H groups in total. The summed E-state index contributed by atoms with van der Waals surface area (Å²) in [5, 5.41) is 1.17. The van der Waals surface area contributed by atoms with Crippen LogP contribution in [0.2, 0.25) is 0 Å². The van der Waals surface area contributed by atoms with Crippen molar-refractivity contribution in [3.05, 3.63) is 46.9 Å². The summed E-state index contributed by atoms with van der Waals surface area (Å²) in [5.74, 6) is 0.994. The van der Waals surface area contributed by atoms with Gasteiger partial charge in [0.05, 0.1) is 5.39 Å². The van der Waals surface area contributed by atoms with Gasteiger partial charge in [0, 0.05) is 30.9 Å². The zero-order valence-corrected chi connectivity index (χ0v) is 12.6. The lowest BCUT2D eigenvalue weighted by Crippen LogP contribution is -2.18. The molecule has 0 fully saturated rings. The van der Waals surface area contributed by atoms with Gasteiger partial charge in [-0.2, -0.15) is 0 Å². The molecule has 0 aliphatic heterocycles. The number of hydrogen-bond acceptors (Lipinski definition) is 5. The molecule has 0 aromatic carbocycles. The highest BCUT2D eigenvalue weighted by Gasteiger charge is 2.14. The molecule has 4 nitrogen and oxygen atoms in total. The maximum absolute atomic E-state index is 4.48. The topological polar surface area (TPSA) is 41.9 Å². The van der Waals surface area contributed by atoms with Crippen LogP contribution >= 0.6 is 11.3 Å². The van der Waals surface area contributed by atoms with E-state index in [4.69, 9.17) is 0 Å². The Kier molecular flexibility index (Phi) is 3.36. The van der Waals surface area contributed by atoms with Crippen molar-refractivity contribution >= 4 is 27.4 Å². The third-order valence-corrected chi connectivity index (χ3v) is 4.59. The lowest BCUT2D eigenvalue weighted by molar-refractivity contribution is 0.897. The number of rotatable bonds is 3. The number of aryl methyl sites for hydroxylation is 2. The second kappa shape index (κ2) is 5.17. The van der Waals surface area contributed by atoms with Crippen LogP contribution in [-0.2, 0) is 6.54 Å². The average Bonchev–Trinajstić information content (AvgIpc) is 2.75. The zero-order valence-electron chi connectivity index (χ0n) is 11.8. The minimum absolute atomic E-state index is 0.808. The largest absolute Gasteiger partial charge is 0.355 e. The molecule has 3 rings (SSSR count). The van der Waals surface area contributed by atoms with E-state index < -0.39 is 0 Å². The van der Waals surface area contributed by atoms with Gasteiger partial charge in [0.15, 0.2) is 0 Å². The number of fused-ring (bicyclic) bond motifs is 1. The fourth-order valence-corrected chi connectivity index (χ4v) is 3.28. The SMILES string of the molecule is Cc1sc2ncnc(N(C)Cc3ccncc3)c2c1C. The number of aromatic nitrogens is 3. The third kappa shape index (κ3) is 2.25. The van der Waals surface area contributed by atoms with Crippen LogP contribution in [0.1, 0.15) is 16.0 Å². The lowest BCUT2D eigenvalue weighted by Gasteiger charge is -2.19. The van der Waals surface area contributed by atoms with E-state index >= 15 is 0 Å². The van der Waals surface area contributed by atoms with Crippen LogP contribution in [0.15, 0.2) is 30.9 Å². The van der Waals surface area contributed by atoms with E-state index in [0.29, 0.717) is 0 Å². The summed E-state index contributed by atoms with van der Waals surface area (Å²) in [4.78, 5) is 17.4. The molecule has 0 saturated heterocycles. The van der Waals surface area contributed by atoms with Crippen LogP contribution in [0.3, 0.4) is 0 Å². The van der Waals surface area contributed by atoms with Gasteiger partial charge in [-0.05, 0) is 37.1 Å². The van der Waals surface area contributed by atoms with E-state index in [1.807, 2.05) is 24.5 Å². The van der Waals surface area contributed by atoms with Gasteiger partial charge in [-0.3, -0.25) is 4.98 Å². The highest BCUT2D eigenvalue weighted by molar-refractivity contribution is 7.18. The normalized spacial score (nSPS) is 10.9. The molecule has 0 atom stereocenters. The fraction of sp³-hybridized carbons (Fsp3) is 0.267. The summed E-state index contributed by atoms with van der Waals surface area (Å²) in [6.45, 7) is 5.08. The molecule has 0 spiro atoms. The highest BCUT2D eigenvalue weighted by atomic mass is 32.1. The average molecular weight is 284 g/mol. The summed E-state index contributed by atoms with van der Waals surface area (Å²) < 4.78 is 0. The monoisotopic (exact) mass is 284 g/mol. The quantitative estimate of drug-likeness (QED) is 0.739. The summed E-state index contributed by atoms with van der Waals surface area (Å²) in [6.07, 6.45) is 5.29. The standard InChI is InChI=1S/C15H16N4S/c1-10-11(2)20-15-13(10)14(17-9-18-15)19(3)8-12-4-6-16-7-5-12/h4-7,9H,8H2,1-3H3. The Labute approximate surface area is 122 Å². The maximum atomic E-state index is 4.48. The second-order valence-electron chi connectivity index (χ2n) is 4.87. The van der Waals surface area contributed by atoms with E-state index in [2.05, 4.69) is 40.7 Å². The second-order valence-corrected chi connectivity index (χ2v) is 6.08. The fourth-order valence-electron chi connectivity index (χ4n) is 2.29. The molecule has 3 aromatic rings. The van der Waals surface area contributed by atoms with Crippen LogP contribution in [0.4, 0.5) is 5.82 Å². The van der Waals surface area contributed by atoms with Crippen molar-refractivity contribution in [1.29, 1.82) is 0 Å². The molecule has 0 aliphatic rings. The van der Waals surface area contributed by atoms with Crippen molar-refractivity contribution < 1.29 is 0 Å². The number of thiophene rings is 1. The zero-order chi connectivity index (χ0) is 14.1. The molecule has 0 bridgehead atoms. The van der Waals surface area contributed by atoms with E-state index in [0.717, 1.165) is 17.2 Å². The van der Waals surface area contributed by atoms with Gasteiger partial charge >= 0.3 is 0 Å². The Morgan fingerprint density at radius 1 is 1.15 bits per heavy atom. The Morgan fingerprint density at radius 2 is 1.90 bits per heavy atom. The van der Waals surface area contributed by atoms with Gasteiger partial charge in [0.25, 0.3) is 0 Å². The molecule has 3 aromatic heterocycles. The molecule has 102 valence electrons. The molecule has 20 heavy (non-hydrogen) atoms. The van der Waals surface area contributed by atoms with Gasteiger partial charge in [0.1, 0.15) is 17.0 Å². The maximum Gasteiger partial charge on any atom is 0.141 e. The van der Waals surface area contributed by atoms with Crippen LogP contribution < -0.4 is 4.90 Å². The number of anilines is 1. The molecule has 0 amide bonds. The van der Waals surface area contributed by atoms with Crippen LogP contribution in [0.25, 0.3) is 10.2 Å². The third-order valence-electron chi connectivity index (χ3n) is 3.48. The first-order valence-corrected chi connectivity index (χ1v) is 7.29. The Morgan fingerprint density at radius 3 is 2.65 bits per heavy atom. The molecular weight excluding hydrogens is 268 g/mol. The Hall–Kier alpha value is -2.01. The van der Waals surface area contributed by atoms with E-state index in [1.165, 1.54) is 21.4 Å². The van der Waals surface area contributed by atoms with Gasteiger partial charge in [-0.15, -0.1) is 11.3 Å². The predicted octanol–water partition coefficient (Wildman–Crippen LogP) is 3.34. The predicted molar refractivity (Wildman–Crippen MR) is 83.2 cm³/mol.